The van der Waals surface area contributed by atoms with Gasteiger partial charge in [-0.2, -0.15) is 10.2 Å². The number of unbranched alkanes of at least 4 members (excludes halogenated alkanes) is 1. The zero-order chi connectivity index (χ0) is 38.0. The molecule has 2 aromatic carbocycles. The maximum Gasteiger partial charge on any atom is 0.338 e. The highest BCUT2D eigenvalue weighted by atomic mass is 16.5. The van der Waals surface area contributed by atoms with E-state index in [1.807, 2.05) is 36.8 Å². The van der Waals surface area contributed by atoms with Crippen molar-refractivity contribution >= 4 is 57.7 Å². The molecule has 4 N–H and O–H groups in total. The Kier molecular flexibility index (Phi) is 10.3. The number of aromatic nitrogens is 8. The van der Waals surface area contributed by atoms with Crippen LogP contribution in [0, 0.1) is 13.8 Å². The Hall–Kier alpha value is -6.52. The summed E-state index contributed by atoms with van der Waals surface area (Å²) in [7, 11) is 2.78. The second-order valence-corrected chi connectivity index (χ2v) is 12.4. The number of carbonyl (C=O) groups excluding carboxylic acids is 4. The topological polar surface area (TPSA) is 208 Å². The first-order valence-electron chi connectivity index (χ1n) is 17.1. The summed E-state index contributed by atoms with van der Waals surface area (Å²) in [5, 5.41) is 14.7. The van der Waals surface area contributed by atoms with Crippen molar-refractivity contribution in [1.29, 1.82) is 0 Å². The highest BCUT2D eigenvalue weighted by Crippen LogP contribution is 2.32. The standard InChI is InChI=1S/C36H41N11O6/c1-7-46-27(15-20(3)42-46)32(49)40-35-38-24-17-22(31(37)48)11-12-26(24)44(35)13-9-10-14-45-30-25(18-23(34(51)53-6)19-29(30)52-5)39-36(45)41-33(50)28-16-21(4)43-47(28)8-2/h11-12,15-19H,7-10,13-14H2,1-6H3,(H2,37,48)(H,38,40,49)(H,39,41,50). The van der Waals surface area contributed by atoms with Gasteiger partial charge >= 0.3 is 5.97 Å². The number of hydrogen-bond acceptors (Lipinski definition) is 10. The van der Waals surface area contributed by atoms with Crippen LogP contribution in [-0.2, 0) is 30.9 Å². The lowest BCUT2D eigenvalue weighted by Gasteiger charge is -2.14. The number of benzene rings is 2. The molecule has 0 aliphatic rings. The molecule has 17 nitrogen and oxygen atoms in total. The molecule has 53 heavy (non-hydrogen) atoms. The Balaban J connectivity index is 1.31. The van der Waals surface area contributed by atoms with Crippen LogP contribution in [0.25, 0.3) is 22.1 Å². The first-order valence-corrected chi connectivity index (χ1v) is 17.1. The number of carbonyl (C=O) groups is 4. The summed E-state index contributed by atoms with van der Waals surface area (Å²) in [6.07, 6.45) is 1.17. The van der Waals surface area contributed by atoms with Gasteiger partial charge in [-0.05, 0) is 83.0 Å². The number of nitrogens with two attached hydrogens (primary N) is 1. The average molecular weight is 724 g/mol. The number of fused-ring (bicyclic) bond motifs is 2. The van der Waals surface area contributed by atoms with Crippen LogP contribution in [-0.4, -0.2) is 76.6 Å². The minimum Gasteiger partial charge on any atom is -0.494 e. The van der Waals surface area contributed by atoms with Crippen molar-refractivity contribution in [3.63, 3.8) is 0 Å². The molecule has 276 valence electrons. The largest absolute Gasteiger partial charge is 0.494 e. The summed E-state index contributed by atoms with van der Waals surface area (Å²) in [6, 6.07) is 11.6. The molecule has 0 fully saturated rings. The van der Waals surface area contributed by atoms with Crippen LogP contribution in [0.15, 0.2) is 42.5 Å². The van der Waals surface area contributed by atoms with Gasteiger partial charge < -0.3 is 24.3 Å². The number of ether oxygens (including phenoxy) is 2. The van der Waals surface area contributed by atoms with Gasteiger partial charge in [-0.3, -0.25) is 34.4 Å². The van der Waals surface area contributed by atoms with Gasteiger partial charge in [0, 0.05) is 31.7 Å². The average Bonchev–Trinajstić information content (AvgIpc) is 3.91. The number of nitrogens with zero attached hydrogens (tertiary/aromatic N) is 8. The smallest absolute Gasteiger partial charge is 0.338 e. The van der Waals surface area contributed by atoms with E-state index >= 15 is 0 Å². The van der Waals surface area contributed by atoms with Crippen molar-refractivity contribution in [3.8, 4) is 5.75 Å². The van der Waals surface area contributed by atoms with E-state index in [4.69, 9.17) is 20.2 Å². The van der Waals surface area contributed by atoms with Gasteiger partial charge in [0.2, 0.25) is 17.8 Å². The summed E-state index contributed by atoms with van der Waals surface area (Å²) in [4.78, 5) is 60.8. The molecule has 0 spiro atoms. The fraction of sp³-hybridized carbons (Fsp3) is 0.333. The first-order chi connectivity index (χ1) is 25.5. The van der Waals surface area contributed by atoms with Crippen molar-refractivity contribution in [2.75, 3.05) is 24.9 Å². The molecular formula is C36H41N11O6. The van der Waals surface area contributed by atoms with E-state index < -0.39 is 17.8 Å². The number of methoxy groups -OCH3 is 2. The summed E-state index contributed by atoms with van der Waals surface area (Å²) in [5.41, 5.74) is 10.5. The van der Waals surface area contributed by atoms with Gasteiger partial charge in [0.1, 0.15) is 22.7 Å². The molecule has 4 heterocycles. The van der Waals surface area contributed by atoms with Crippen molar-refractivity contribution < 1.29 is 28.7 Å². The maximum absolute atomic E-state index is 13.5. The molecule has 6 aromatic rings. The minimum atomic E-state index is -0.590. The number of rotatable bonds is 14. The van der Waals surface area contributed by atoms with Crippen LogP contribution in [0.2, 0.25) is 0 Å². The predicted molar refractivity (Wildman–Crippen MR) is 196 cm³/mol. The molecule has 6 rings (SSSR count). The number of imidazole rings is 2. The second-order valence-electron chi connectivity index (χ2n) is 12.4. The Morgan fingerprint density at radius 1 is 0.736 bits per heavy atom. The van der Waals surface area contributed by atoms with Gasteiger partial charge in [-0.25, -0.2) is 14.8 Å². The minimum absolute atomic E-state index is 0.247. The third kappa shape index (κ3) is 7.17. The monoisotopic (exact) mass is 723 g/mol. The molecule has 0 saturated heterocycles. The second kappa shape index (κ2) is 15.0. The molecule has 3 amide bonds. The van der Waals surface area contributed by atoms with Crippen LogP contribution >= 0.6 is 0 Å². The molecule has 0 unspecified atom stereocenters. The molecule has 4 aromatic heterocycles. The molecule has 0 saturated carbocycles. The molecule has 0 bridgehead atoms. The number of nitrogens with one attached hydrogen (secondary N) is 2. The number of primary amides is 1. The lowest BCUT2D eigenvalue weighted by atomic mass is 10.1. The quantitative estimate of drug-likeness (QED) is 0.107. The van der Waals surface area contributed by atoms with E-state index in [1.54, 1.807) is 51.8 Å². The highest BCUT2D eigenvalue weighted by Gasteiger charge is 2.23. The zero-order valence-electron chi connectivity index (χ0n) is 30.4. The normalized spacial score (nSPS) is 11.3. The van der Waals surface area contributed by atoms with Gasteiger partial charge in [0.05, 0.1) is 47.7 Å². The maximum atomic E-state index is 13.5. The van der Waals surface area contributed by atoms with Crippen LogP contribution in [0.4, 0.5) is 11.9 Å². The van der Waals surface area contributed by atoms with Crippen LogP contribution in [0.1, 0.15) is 79.8 Å². The van der Waals surface area contributed by atoms with Crippen molar-refractivity contribution in [2.45, 2.75) is 66.7 Å². The molecule has 0 aliphatic heterocycles. The molecular weight excluding hydrogens is 682 g/mol. The first kappa shape index (κ1) is 36.3. The summed E-state index contributed by atoms with van der Waals surface area (Å²) >= 11 is 0. The number of hydrogen-bond donors (Lipinski definition) is 3. The van der Waals surface area contributed by atoms with Gasteiger partial charge in [0.25, 0.3) is 11.8 Å². The van der Waals surface area contributed by atoms with Crippen LogP contribution in [0.5, 0.6) is 5.75 Å². The number of esters is 1. The zero-order valence-corrected chi connectivity index (χ0v) is 30.4. The van der Waals surface area contributed by atoms with Crippen molar-refractivity contribution in [1.82, 2.24) is 38.7 Å². The van der Waals surface area contributed by atoms with Crippen molar-refractivity contribution in [2.24, 2.45) is 5.73 Å². The summed E-state index contributed by atoms with van der Waals surface area (Å²) in [6.45, 7) is 9.27. The number of amides is 3. The van der Waals surface area contributed by atoms with E-state index in [0.717, 1.165) is 0 Å². The molecule has 17 heteroatoms. The van der Waals surface area contributed by atoms with Gasteiger partial charge in [0.15, 0.2) is 0 Å². The SMILES string of the molecule is CCn1nc(C)cc1C(=O)Nc1nc2cc(C(N)=O)ccc2n1CCCCn1c(NC(=O)c2cc(C)nn2CC)nc2cc(C(=O)OC)cc(OC)c21. The van der Waals surface area contributed by atoms with Gasteiger partial charge in [-0.1, -0.05) is 0 Å². The van der Waals surface area contributed by atoms with E-state index in [9.17, 15) is 19.2 Å². The Morgan fingerprint density at radius 3 is 1.83 bits per heavy atom. The van der Waals surface area contributed by atoms with E-state index in [0.29, 0.717) is 101 Å². The number of anilines is 2. The lowest BCUT2D eigenvalue weighted by molar-refractivity contribution is 0.0600. The summed E-state index contributed by atoms with van der Waals surface area (Å²) < 4.78 is 17.6. The van der Waals surface area contributed by atoms with E-state index in [1.165, 1.54) is 14.2 Å². The van der Waals surface area contributed by atoms with Crippen LogP contribution in [0.3, 0.4) is 0 Å². The Labute approximate surface area is 304 Å². The van der Waals surface area contributed by atoms with E-state index in [-0.39, 0.29) is 17.4 Å². The third-order valence-electron chi connectivity index (χ3n) is 8.81. The fourth-order valence-corrected chi connectivity index (χ4v) is 6.35. The van der Waals surface area contributed by atoms with Gasteiger partial charge in [-0.15, -0.1) is 0 Å². The summed E-state index contributed by atoms with van der Waals surface area (Å²) in [5.74, 6) is -0.973. The predicted octanol–water partition coefficient (Wildman–Crippen LogP) is 4.31. The molecule has 0 atom stereocenters. The Morgan fingerprint density at radius 2 is 1.28 bits per heavy atom. The Bertz CT molecular complexity index is 2380. The fourth-order valence-electron chi connectivity index (χ4n) is 6.35. The number of aryl methyl sites for hydroxylation is 6. The molecule has 0 aliphatic carbocycles. The van der Waals surface area contributed by atoms with Crippen LogP contribution < -0.4 is 21.1 Å². The molecule has 0 radical (unpaired) electrons. The highest BCUT2D eigenvalue weighted by molar-refractivity contribution is 6.05. The lowest BCUT2D eigenvalue weighted by Crippen LogP contribution is -2.20. The van der Waals surface area contributed by atoms with Crippen molar-refractivity contribution in [3.05, 3.63) is 76.4 Å². The third-order valence-corrected chi connectivity index (χ3v) is 8.81. The van der Waals surface area contributed by atoms with E-state index in [2.05, 4.69) is 25.8 Å².